The van der Waals surface area contributed by atoms with Gasteiger partial charge in [-0.05, 0) is 11.4 Å². The maximum Gasteiger partial charge on any atom is 0.255 e. The Bertz CT molecular complexity index is 665. The Hall–Kier alpha value is -2.45. The van der Waals surface area contributed by atoms with Gasteiger partial charge in [0.2, 0.25) is 0 Å². The van der Waals surface area contributed by atoms with Crippen molar-refractivity contribution in [2.24, 2.45) is 0 Å². The minimum absolute atomic E-state index is 0.0753. The number of ketones is 1. The first-order valence-corrected chi connectivity index (χ1v) is 6.37. The van der Waals surface area contributed by atoms with Gasteiger partial charge in [0.15, 0.2) is 11.5 Å². The van der Waals surface area contributed by atoms with E-state index in [9.17, 15) is 9.59 Å². The highest BCUT2D eigenvalue weighted by atomic mass is 32.1. The number of nitrogens with zero attached hydrogens (tertiary/aromatic N) is 1. The first kappa shape index (κ1) is 13.0. The smallest absolute Gasteiger partial charge is 0.255 e. The number of nitrogens with one attached hydrogen (secondary N) is 1. The number of Topliss-reactive ketones (excluding diaryl/α,β-unsaturated/α-hetero) is 1. The molecular weight excluding hydrogens is 260 g/mol. The van der Waals surface area contributed by atoms with Crippen molar-refractivity contribution in [1.82, 2.24) is 0 Å². The average Bonchev–Trinajstić information content (AvgIpc) is 2.87. The Kier molecular flexibility index (Phi) is 3.74. The first-order chi connectivity index (χ1) is 9.11. The molecule has 1 amide bonds. The molecular formula is C14H10N2O2S. The van der Waals surface area contributed by atoms with Gasteiger partial charge >= 0.3 is 0 Å². The average molecular weight is 270 g/mol. The highest BCUT2D eigenvalue weighted by Gasteiger charge is 2.12. The highest BCUT2D eigenvalue weighted by Crippen LogP contribution is 2.23. The van der Waals surface area contributed by atoms with Crippen LogP contribution in [-0.4, -0.2) is 11.7 Å². The molecule has 0 bridgehead atoms. The predicted molar refractivity (Wildman–Crippen MR) is 75.0 cm³/mol. The molecule has 0 aliphatic carbocycles. The lowest BCUT2D eigenvalue weighted by molar-refractivity contribution is 0.102. The van der Waals surface area contributed by atoms with Gasteiger partial charge in [-0.25, -0.2) is 4.85 Å². The summed E-state index contributed by atoms with van der Waals surface area (Å²) in [7, 11) is 0. The van der Waals surface area contributed by atoms with Crippen LogP contribution in [0.15, 0.2) is 35.7 Å². The zero-order chi connectivity index (χ0) is 13.8. The van der Waals surface area contributed by atoms with E-state index in [1.807, 2.05) is 0 Å². The molecule has 0 aliphatic heterocycles. The third-order valence-electron chi connectivity index (χ3n) is 2.49. The van der Waals surface area contributed by atoms with E-state index < -0.39 is 0 Å². The molecule has 0 saturated carbocycles. The summed E-state index contributed by atoms with van der Waals surface area (Å²) in [6.45, 7) is 8.31. The molecule has 19 heavy (non-hydrogen) atoms. The SMILES string of the molecule is [C-]#[N+]c1ccc(C(=O)Nc2ccsc2C(C)=O)cc1. The summed E-state index contributed by atoms with van der Waals surface area (Å²) in [5.41, 5.74) is 1.46. The highest BCUT2D eigenvalue weighted by molar-refractivity contribution is 7.12. The monoisotopic (exact) mass is 270 g/mol. The summed E-state index contributed by atoms with van der Waals surface area (Å²) in [6, 6.07) is 8.04. The van der Waals surface area contributed by atoms with E-state index in [2.05, 4.69) is 10.2 Å². The summed E-state index contributed by atoms with van der Waals surface area (Å²) in [5.74, 6) is -0.369. The normalized spacial score (nSPS) is 9.68. The Balaban J connectivity index is 2.19. The van der Waals surface area contributed by atoms with E-state index in [1.165, 1.54) is 18.3 Å². The molecule has 5 heteroatoms. The molecule has 0 radical (unpaired) electrons. The summed E-state index contributed by atoms with van der Waals surface area (Å²) in [4.78, 5) is 27.1. The number of hydrogen-bond acceptors (Lipinski definition) is 3. The van der Waals surface area contributed by atoms with Gasteiger partial charge in [-0.1, -0.05) is 24.3 Å². The maximum atomic E-state index is 12.0. The third-order valence-corrected chi connectivity index (χ3v) is 3.51. The molecule has 2 aromatic rings. The second kappa shape index (κ2) is 5.46. The molecule has 1 aromatic carbocycles. The number of rotatable bonds is 3. The molecule has 0 aliphatic rings. The molecule has 0 unspecified atom stereocenters. The summed E-state index contributed by atoms with van der Waals surface area (Å²) in [6.07, 6.45) is 0. The van der Waals surface area contributed by atoms with E-state index in [0.717, 1.165) is 0 Å². The summed E-state index contributed by atoms with van der Waals surface area (Å²) in [5, 5.41) is 4.46. The quantitative estimate of drug-likeness (QED) is 0.682. The molecule has 1 heterocycles. The van der Waals surface area contributed by atoms with Crippen molar-refractivity contribution >= 4 is 34.4 Å². The minimum Gasteiger partial charge on any atom is -0.321 e. The van der Waals surface area contributed by atoms with Crippen LogP contribution >= 0.6 is 11.3 Å². The fourth-order valence-corrected chi connectivity index (χ4v) is 2.31. The number of anilines is 1. The zero-order valence-electron chi connectivity index (χ0n) is 10.1. The minimum atomic E-state index is -0.294. The summed E-state index contributed by atoms with van der Waals surface area (Å²) >= 11 is 1.30. The Morgan fingerprint density at radius 3 is 2.47 bits per heavy atom. The van der Waals surface area contributed by atoms with Crippen molar-refractivity contribution < 1.29 is 9.59 Å². The Labute approximate surface area is 114 Å². The van der Waals surface area contributed by atoms with Crippen LogP contribution in [0.25, 0.3) is 4.85 Å². The van der Waals surface area contributed by atoms with Crippen molar-refractivity contribution in [1.29, 1.82) is 0 Å². The van der Waals surface area contributed by atoms with Crippen LogP contribution in [0.2, 0.25) is 0 Å². The van der Waals surface area contributed by atoms with Crippen LogP contribution in [0.4, 0.5) is 11.4 Å². The Morgan fingerprint density at radius 2 is 1.89 bits per heavy atom. The van der Waals surface area contributed by atoms with E-state index in [-0.39, 0.29) is 11.7 Å². The van der Waals surface area contributed by atoms with Gasteiger partial charge in [0, 0.05) is 12.5 Å². The molecule has 2 rings (SSSR count). The van der Waals surface area contributed by atoms with Crippen LogP contribution < -0.4 is 5.32 Å². The number of hydrogen-bond donors (Lipinski definition) is 1. The van der Waals surface area contributed by atoms with Gasteiger partial charge in [-0.2, -0.15) is 0 Å². The lowest BCUT2D eigenvalue weighted by Gasteiger charge is -2.05. The fourth-order valence-electron chi connectivity index (χ4n) is 1.56. The molecule has 0 atom stereocenters. The molecule has 0 spiro atoms. The van der Waals surface area contributed by atoms with Crippen LogP contribution in [-0.2, 0) is 0 Å². The van der Waals surface area contributed by atoms with E-state index in [1.54, 1.807) is 35.7 Å². The number of amides is 1. The van der Waals surface area contributed by atoms with Crippen molar-refractivity contribution in [3.63, 3.8) is 0 Å². The van der Waals surface area contributed by atoms with Gasteiger partial charge in [0.1, 0.15) is 0 Å². The molecule has 1 N–H and O–H groups in total. The largest absolute Gasteiger partial charge is 0.321 e. The van der Waals surface area contributed by atoms with Crippen molar-refractivity contribution in [2.75, 3.05) is 5.32 Å². The van der Waals surface area contributed by atoms with Gasteiger partial charge in [0.25, 0.3) is 5.91 Å². The molecule has 94 valence electrons. The van der Waals surface area contributed by atoms with Crippen molar-refractivity contribution in [3.05, 3.63) is 57.6 Å². The number of carbonyl (C=O) groups excluding carboxylic acids is 2. The van der Waals surface area contributed by atoms with Crippen molar-refractivity contribution in [3.8, 4) is 0 Å². The second-order valence-electron chi connectivity index (χ2n) is 3.83. The topological polar surface area (TPSA) is 50.5 Å². The molecule has 1 aromatic heterocycles. The number of carbonyl (C=O) groups is 2. The second-order valence-corrected chi connectivity index (χ2v) is 4.75. The molecule has 0 fully saturated rings. The van der Waals surface area contributed by atoms with Gasteiger partial charge in [-0.15, -0.1) is 11.3 Å². The van der Waals surface area contributed by atoms with Gasteiger partial charge < -0.3 is 5.32 Å². The standard InChI is InChI=1S/C14H10N2O2S/c1-9(17)13-12(7-8-19-13)16-14(18)10-3-5-11(15-2)6-4-10/h3-8H,1H3,(H,16,18). The fraction of sp³-hybridized carbons (Fsp3) is 0.0714. The van der Waals surface area contributed by atoms with E-state index in [0.29, 0.717) is 21.8 Å². The lowest BCUT2D eigenvalue weighted by Crippen LogP contribution is -2.12. The zero-order valence-corrected chi connectivity index (χ0v) is 11.0. The summed E-state index contributed by atoms with van der Waals surface area (Å²) < 4.78 is 0. The van der Waals surface area contributed by atoms with Crippen LogP contribution in [0.5, 0.6) is 0 Å². The van der Waals surface area contributed by atoms with Gasteiger partial charge in [0.05, 0.1) is 17.1 Å². The van der Waals surface area contributed by atoms with Crippen LogP contribution in [0.3, 0.4) is 0 Å². The molecule has 0 saturated heterocycles. The van der Waals surface area contributed by atoms with Crippen LogP contribution in [0, 0.1) is 6.57 Å². The Morgan fingerprint density at radius 1 is 1.21 bits per heavy atom. The lowest BCUT2D eigenvalue weighted by atomic mass is 10.2. The third kappa shape index (κ3) is 2.87. The number of thiophene rings is 1. The van der Waals surface area contributed by atoms with Gasteiger partial charge in [-0.3, -0.25) is 9.59 Å². The number of benzene rings is 1. The van der Waals surface area contributed by atoms with E-state index >= 15 is 0 Å². The predicted octanol–water partition coefficient (Wildman–Crippen LogP) is 3.75. The van der Waals surface area contributed by atoms with E-state index in [4.69, 9.17) is 6.57 Å². The van der Waals surface area contributed by atoms with Crippen molar-refractivity contribution in [2.45, 2.75) is 6.92 Å². The van der Waals surface area contributed by atoms with Crippen LogP contribution in [0.1, 0.15) is 27.0 Å². The molecule has 4 nitrogen and oxygen atoms in total. The first-order valence-electron chi connectivity index (χ1n) is 5.49. The maximum absolute atomic E-state index is 12.0.